The minimum absolute atomic E-state index is 0.139. The van der Waals surface area contributed by atoms with E-state index in [2.05, 4.69) is 26.1 Å². The second kappa shape index (κ2) is 6.33. The highest BCUT2D eigenvalue weighted by Crippen LogP contribution is 2.13. The van der Waals surface area contributed by atoms with Crippen LogP contribution in [0, 0.1) is 0 Å². The van der Waals surface area contributed by atoms with Crippen LogP contribution in [0.4, 0.5) is 0 Å². The van der Waals surface area contributed by atoms with E-state index >= 15 is 0 Å². The first-order valence-corrected chi connectivity index (χ1v) is 6.66. The first-order chi connectivity index (χ1) is 9.56. The number of aromatic amines is 1. The largest absolute Gasteiger partial charge is 0.368 e. The molecule has 1 heterocycles. The predicted molar refractivity (Wildman–Crippen MR) is 76.7 cm³/mol. The molecule has 0 saturated carbocycles. The molecule has 0 aliphatic carbocycles. The van der Waals surface area contributed by atoms with Crippen LogP contribution in [0.25, 0.3) is 0 Å². The number of carbonyl (C=O) groups is 2. The number of aromatic nitrogens is 2. The van der Waals surface area contributed by atoms with Crippen LogP contribution in [0.1, 0.15) is 15.9 Å². The summed E-state index contributed by atoms with van der Waals surface area (Å²) in [5.41, 5.74) is 6.50. The molecule has 0 bridgehead atoms. The van der Waals surface area contributed by atoms with Gasteiger partial charge in [-0.2, -0.15) is 5.10 Å². The first kappa shape index (κ1) is 14.3. The Hall–Kier alpha value is -2.15. The molecule has 104 valence electrons. The van der Waals surface area contributed by atoms with Crippen LogP contribution in [-0.2, 0) is 11.3 Å². The summed E-state index contributed by atoms with van der Waals surface area (Å²) in [6.45, 7) is 0.167. The number of hydrogen-bond acceptors (Lipinski definition) is 3. The number of benzene rings is 1. The molecule has 0 unspecified atom stereocenters. The summed E-state index contributed by atoms with van der Waals surface area (Å²) in [7, 11) is 0. The van der Waals surface area contributed by atoms with E-state index in [0.717, 1.165) is 10.0 Å². The number of hydrogen-bond donors (Lipinski definition) is 2. The summed E-state index contributed by atoms with van der Waals surface area (Å²) in [5.74, 6) is -0.848. The molecule has 2 aromatic rings. The van der Waals surface area contributed by atoms with Gasteiger partial charge in [-0.05, 0) is 17.7 Å². The Balaban J connectivity index is 2.17. The Labute approximate surface area is 124 Å². The fraction of sp³-hybridized carbons (Fsp3) is 0.154. The lowest BCUT2D eigenvalue weighted by molar-refractivity contribution is -0.118. The van der Waals surface area contributed by atoms with Gasteiger partial charge in [0.15, 0.2) is 0 Å². The summed E-state index contributed by atoms with van der Waals surface area (Å²) in [5, 5.41) is 6.30. The molecule has 0 saturated heterocycles. The topological polar surface area (TPSA) is 92.1 Å². The highest BCUT2D eigenvalue weighted by atomic mass is 79.9. The number of nitrogens with two attached hydrogens (primary N) is 1. The van der Waals surface area contributed by atoms with E-state index in [9.17, 15) is 9.59 Å². The Kier molecular flexibility index (Phi) is 4.52. The smallest absolute Gasteiger partial charge is 0.257 e. The summed E-state index contributed by atoms with van der Waals surface area (Å²) in [4.78, 5) is 24.8. The van der Waals surface area contributed by atoms with Gasteiger partial charge in [-0.25, -0.2) is 0 Å². The third-order valence-electron chi connectivity index (χ3n) is 2.67. The maximum atomic E-state index is 12.3. The lowest BCUT2D eigenvalue weighted by atomic mass is 10.2. The molecular formula is C13H13BrN4O2. The fourth-order valence-electron chi connectivity index (χ4n) is 1.75. The van der Waals surface area contributed by atoms with Gasteiger partial charge in [0.25, 0.3) is 5.91 Å². The van der Waals surface area contributed by atoms with Crippen molar-refractivity contribution in [3.05, 3.63) is 52.3 Å². The summed E-state index contributed by atoms with van der Waals surface area (Å²) >= 11 is 3.35. The van der Waals surface area contributed by atoms with Crippen LogP contribution in [0.2, 0.25) is 0 Å². The van der Waals surface area contributed by atoms with Crippen LogP contribution in [0.5, 0.6) is 0 Å². The van der Waals surface area contributed by atoms with Crippen LogP contribution in [0.3, 0.4) is 0 Å². The van der Waals surface area contributed by atoms with Crippen molar-refractivity contribution in [3.8, 4) is 0 Å². The van der Waals surface area contributed by atoms with E-state index in [4.69, 9.17) is 5.73 Å². The Morgan fingerprint density at radius 3 is 2.55 bits per heavy atom. The second-order valence-electron chi connectivity index (χ2n) is 4.24. The fourth-order valence-corrected chi connectivity index (χ4v) is 2.01. The van der Waals surface area contributed by atoms with E-state index in [1.165, 1.54) is 17.3 Å². The van der Waals surface area contributed by atoms with E-state index < -0.39 is 5.91 Å². The zero-order valence-electron chi connectivity index (χ0n) is 10.5. The molecular weight excluding hydrogens is 324 g/mol. The monoisotopic (exact) mass is 336 g/mol. The molecule has 0 atom stereocenters. The molecule has 2 amide bonds. The molecule has 6 nitrogen and oxygen atoms in total. The van der Waals surface area contributed by atoms with Crippen molar-refractivity contribution in [1.82, 2.24) is 15.1 Å². The lowest BCUT2D eigenvalue weighted by Crippen LogP contribution is -2.37. The normalized spacial score (nSPS) is 10.2. The number of halogens is 1. The van der Waals surface area contributed by atoms with Gasteiger partial charge in [0, 0.05) is 17.2 Å². The highest BCUT2D eigenvalue weighted by Gasteiger charge is 2.18. The van der Waals surface area contributed by atoms with Gasteiger partial charge in [-0.15, -0.1) is 0 Å². The standard InChI is InChI=1S/C13H13BrN4O2/c14-11-3-1-9(2-4-11)7-18(8-12(15)19)13(20)10-5-16-17-6-10/h1-6H,7-8H2,(H2,15,19)(H,16,17). The van der Waals surface area contributed by atoms with Gasteiger partial charge in [-0.3, -0.25) is 14.7 Å². The minimum Gasteiger partial charge on any atom is -0.368 e. The van der Waals surface area contributed by atoms with Crippen LogP contribution in [0.15, 0.2) is 41.1 Å². The predicted octanol–water partition coefficient (Wildman–Crippen LogP) is 1.30. The van der Waals surface area contributed by atoms with Crippen molar-refractivity contribution in [2.24, 2.45) is 5.73 Å². The van der Waals surface area contributed by atoms with Crippen molar-refractivity contribution in [2.75, 3.05) is 6.54 Å². The Bertz CT molecular complexity index is 595. The van der Waals surface area contributed by atoms with E-state index in [1.807, 2.05) is 24.3 Å². The molecule has 20 heavy (non-hydrogen) atoms. The summed E-state index contributed by atoms with van der Waals surface area (Å²) < 4.78 is 0.948. The van der Waals surface area contributed by atoms with Crippen molar-refractivity contribution in [1.29, 1.82) is 0 Å². The van der Waals surface area contributed by atoms with Crippen molar-refractivity contribution in [2.45, 2.75) is 6.54 Å². The van der Waals surface area contributed by atoms with Crippen molar-refractivity contribution >= 4 is 27.7 Å². The molecule has 0 spiro atoms. The van der Waals surface area contributed by atoms with Crippen molar-refractivity contribution in [3.63, 3.8) is 0 Å². The number of nitrogens with zero attached hydrogens (tertiary/aromatic N) is 2. The minimum atomic E-state index is -0.557. The number of primary amides is 1. The summed E-state index contributed by atoms with van der Waals surface area (Å²) in [6.07, 6.45) is 2.90. The molecule has 0 aliphatic rings. The lowest BCUT2D eigenvalue weighted by Gasteiger charge is -2.20. The Morgan fingerprint density at radius 1 is 1.30 bits per heavy atom. The van der Waals surface area contributed by atoms with Gasteiger partial charge in [0.2, 0.25) is 5.91 Å². The quantitative estimate of drug-likeness (QED) is 0.861. The number of nitrogens with one attached hydrogen (secondary N) is 1. The van der Waals surface area contributed by atoms with Crippen LogP contribution in [-0.4, -0.2) is 33.5 Å². The second-order valence-corrected chi connectivity index (χ2v) is 5.16. The Morgan fingerprint density at radius 2 is 2.00 bits per heavy atom. The zero-order valence-corrected chi connectivity index (χ0v) is 12.1. The third kappa shape index (κ3) is 3.67. The molecule has 2 rings (SSSR count). The molecule has 0 aliphatic heterocycles. The van der Waals surface area contributed by atoms with Gasteiger partial charge in [-0.1, -0.05) is 28.1 Å². The molecule has 0 fully saturated rings. The molecule has 0 radical (unpaired) electrons. The zero-order chi connectivity index (χ0) is 14.5. The maximum absolute atomic E-state index is 12.3. The van der Waals surface area contributed by atoms with Gasteiger partial charge >= 0.3 is 0 Å². The molecule has 1 aromatic carbocycles. The number of amides is 2. The van der Waals surface area contributed by atoms with E-state index in [-0.39, 0.29) is 12.5 Å². The molecule has 7 heteroatoms. The summed E-state index contributed by atoms with van der Waals surface area (Å²) in [6, 6.07) is 7.50. The third-order valence-corrected chi connectivity index (χ3v) is 3.19. The maximum Gasteiger partial charge on any atom is 0.257 e. The number of H-pyrrole nitrogens is 1. The first-order valence-electron chi connectivity index (χ1n) is 5.87. The van der Waals surface area contributed by atoms with Crippen LogP contribution < -0.4 is 5.73 Å². The van der Waals surface area contributed by atoms with Gasteiger partial charge in [0.1, 0.15) is 0 Å². The number of carbonyl (C=O) groups excluding carboxylic acids is 2. The van der Waals surface area contributed by atoms with Gasteiger partial charge in [0.05, 0.1) is 18.3 Å². The SMILES string of the molecule is NC(=O)CN(Cc1ccc(Br)cc1)C(=O)c1cn[nH]c1. The molecule has 3 N–H and O–H groups in total. The average Bonchev–Trinajstić information content (AvgIpc) is 2.93. The average molecular weight is 337 g/mol. The van der Waals surface area contributed by atoms with Crippen molar-refractivity contribution < 1.29 is 9.59 Å². The highest BCUT2D eigenvalue weighted by molar-refractivity contribution is 9.10. The number of rotatable bonds is 5. The van der Waals surface area contributed by atoms with Gasteiger partial charge < -0.3 is 10.6 Å². The van der Waals surface area contributed by atoms with Crippen LogP contribution >= 0.6 is 15.9 Å². The molecule has 1 aromatic heterocycles. The van der Waals surface area contributed by atoms with E-state index in [0.29, 0.717) is 12.1 Å². The van der Waals surface area contributed by atoms with E-state index in [1.54, 1.807) is 0 Å².